The van der Waals surface area contributed by atoms with E-state index < -0.39 is 0 Å². The highest BCUT2D eigenvalue weighted by atomic mass is 32.1. The second-order valence-corrected chi connectivity index (χ2v) is 8.58. The molecule has 1 aliphatic rings. The quantitative estimate of drug-likeness (QED) is 0.639. The summed E-state index contributed by atoms with van der Waals surface area (Å²) in [5.74, 6) is 0.240. The van der Waals surface area contributed by atoms with E-state index in [2.05, 4.69) is 69.8 Å². The van der Waals surface area contributed by atoms with Crippen molar-refractivity contribution < 1.29 is 4.79 Å². The number of rotatable bonds is 6. The summed E-state index contributed by atoms with van der Waals surface area (Å²) in [5.41, 5.74) is 1.37. The topological polar surface area (TPSA) is 26.8 Å². The van der Waals surface area contributed by atoms with Crippen molar-refractivity contribution in [2.75, 3.05) is 39.8 Å². The Balaban J connectivity index is 1.29. The van der Waals surface area contributed by atoms with E-state index >= 15 is 0 Å². The van der Waals surface area contributed by atoms with E-state index in [1.165, 1.54) is 21.2 Å². The Morgan fingerprint density at radius 1 is 1.00 bits per heavy atom. The summed E-state index contributed by atoms with van der Waals surface area (Å²) in [4.78, 5) is 20.5. The maximum atomic E-state index is 12.6. The van der Waals surface area contributed by atoms with Crippen molar-refractivity contribution in [2.24, 2.45) is 0 Å². The van der Waals surface area contributed by atoms with Gasteiger partial charge in [-0.3, -0.25) is 14.6 Å². The minimum atomic E-state index is 0.240. The smallest absolute Gasteiger partial charge is 0.236 e. The molecule has 0 atom stereocenters. The fourth-order valence-corrected chi connectivity index (χ4v) is 4.67. The van der Waals surface area contributed by atoms with E-state index in [9.17, 15) is 4.79 Å². The third-order valence-corrected chi connectivity index (χ3v) is 6.27. The summed E-state index contributed by atoms with van der Waals surface area (Å²) >= 11 is 1.74. The molecule has 2 aromatic carbocycles. The van der Waals surface area contributed by atoms with E-state index in [-0.39, 0.29) is 5.91 Å². The van der Waals surface area contributed by atoms with E-state index in [1.54, 1.807) is 11.3 Å². The second kappa shape index (κ2) is 8.86. The highest BCUT2D eigenvalue weighted by Crippen LogP contribution is 2.20. The first-order chi connectivity index (χ1) is 13.7. The van der Waals surface area contributed by atoms with Crippen LogP contribution in [0.1, 0.15) is 10.4 Å². The average molecular weight is 394 g/mol. The maximum Gasteiger partial charge on any atom is 0.236 e. The standard InChI is InChI=1S/C23H27N3OS/c1-24(17-21-9-5-15-28-21)18-23(27)26-13-11-25(12-14-26)16-20-8-4-7-19-6-2-3-10-22(19)20/h2-10,15H,11-14,16-18H2,1H3. The summed E-state index contributed by atoms with van der Waals surface area (Å²) in [7, 11) is 2.02. The zero-order valence-corrected chi connectivity index (χ0v) is 17.2. The first-order valence-electron chi connectivity index (χ1n) is 9.87. The molecule has 1 aliphatic heterocycles. The van der Waals surface area contributed by atoms with E-state index in [0.717, 1.165) is 39.3 Å². The Kier molecular flexibility index (Phi) is 6.05. The number of thiophene rings is 1. The normalized spacial score (nSPS) is 15.4. The minimum absolute atomic E-state index is 0.240. The first kappa shape index (κ1) is 19.1. The molecule has 1 amide bonds. The molecule has 1 saturated heterocycles. The van der Waals surface area contributed by atoms with Crippen molar-refractivity contribution in [1.82, 2.24) is 14.7 Å². The Labute approximate surface area is 171 Å². The maximum absolute atomic E-state index is 12.6. The van der Waals surface area contributed by atoms with Gasteiger partial charge in [0.1, 0.15) is 0 Å². The van der Waals surface area contributed by atoms with Gasteiger partial charge in [0.15, 0.2) is 0 Å². The van der Waals surface area contributed by atoms with Crippen molar-refractivity contribution in [3.05, 3.63) is 70.4 Å². The van der Waals surface area contributed by atoms with Crippen LogP contribution in [0.25, 0.3) is 10.8 Å². The van der Waals surface area contributed by atoms with Crippen LogP contribution in [0.2, 0.25) is 0 Å². The van der Waals surface area contributed by atoms with Crippen LogP contribution in [0.3, 0.4) is 0 Å². The molecule has 0 radical (unpaired) electrons. The molecule has 2 heterocycles. The van der Waals surface area contributed by atoms with Crippen LogP contribution in [-0.2, 0) is 17.9 Å². The molecule has 0 saturated carbocycles. The third kappa shape index (κ3) is 4.61. The molecule has 1 fully saturated rings. The van der Waals surface area contributed by atoms with Crippen LogP contribution in [0.5, 0.6) is 0 Å². The van der Waals surface area contributed by atoms with Crippen LogP contribution < -0.4 is 0 Å². The summed E-state index contributed by atoms with van der Waals surface area (Å²) < 4.78 is 0. The molecule has 3 aromatic rings. The van der Waals surface area contributed by atoms with Crippen molar-refractivity contribution >= 4 is 28.0 Å². The van der Waals surface area contributed by atoms with Gasteiger partial charge < -0.3 is 4.90 Å². The molecule has 4 nitrogen and oxygen atoms in total. The zero-order chi connectivity index (χ0) is 19.3. The molecule has 0 spiro atoms. The first-order valence-corrected chi connectivity index (χ1v) is 10.7. The predicted molar refractivity (Wildman–Crippen MR) is 116 cm³/mol. The van der Waals surface area contributed by atoms with E-state index in [4.69, 9.17) is 0 Å². The molecular formula is C23H27N3OS. The third-order valence-electron chi connectivity index (χ3n) is 5.41. The van der Waals surface area contributed by atoms with Gasteiger partial charge in [-0.05, 0) is 34.8 Å². The molecule has 0 unspecified atom stereocenters. The van der Waals surface area contributed by atoms with E-state index in [0.29, 0.717) is 6.54 Å². The molecule has 28 heavy (non-hydrogen) atoms. The van der Waals surface area contributed by atoms with Crippen LogP contribution in [0.15, 0.2) is 60.0 Å². The van der Waals surface area contributed by atoms with Crippen molar-refractivity contribution in [3.8, 4) is 0 Å². The Morgan fingerprint density at radius 2 is 1.79 bits per heavy atom. The molecule has 0 N–H and O–H groups in total. The van der Waals surface area contributed by atoms with Gasteiger partial charge in [0.2, 0.25) is 5.91 Å². The highest BCUT2D eigenvalue weighted by molar-refractivity contribution is 7.09. The lowest BCUT2D eigenvalue weighted by Gasteiger charge is -2.35. The Hall–Kier alpha value is -2.21. The molecule has 146 valence electrons. The predicted octanol–water partition coefficient (Wildman–Crippen LogP) is 3.68. The number of carbonyl (C=O) groups is 1. The van der Waals surface area contributed by atoms with Crippen molar-refractivity contribution in [3.63, 3.8) is 0 Å². The van der Waals surface area contributed by atoms with Gasteiger partial charge in [0.05, 0.1) is 6.54 Å². The number of nitrogens with zero attached hydrogens (tertiary/aromatic N) is 3. The number of amides is 1. The van der Waals surface area contributed by atoms with Gasteiger partial charge in [-0.25, -0.2) is 0 Å². The number of fused-ring (bicyclic) bond motifs is 1. The molecule has 0 aliphatic carbocycles. The highest BCUT2D eigenvalue weighted by Gasteiger charge is 2.22. The van der Waals surface area contributed by atoms with Gasteiger partial charge in [-0.2, -0.15) is 0 Å². The summed E-state index contributed by atoms with van der Waals surface area (Å²) in [6, 6.07) is 19.3. The fraction of sp³-hybridized carbons (Fsp3) is 0.348. The summed E-state index contributed by atoms with van der Waals surface area (Å²) in [6.07, 6.45) is 0. The lowest BCUT2D eigenvalue weighted by molar-refractivity contribution is -0.134. The number of likely N-dealkylation sites (N-methyl/N-ethyl adjacent to an activating group) is 1. The summed E-state index contributed by atoms with van der Waals surface area (Å²) in [5, 5.41) is 4.71. The SMILES string of the molecule is CN(CC(=O)N1CCN(Cc2cccc3ccccc23)CC1)Cc1cccs1. The van der Waals surface area contributed by atoms with Gasteiger partial charge in [-0.1, -0.05) is 48.5 Å². The largest absolute Gasteiger partial charge is 0.339 e. The van der Waals surface area contributed by atoms with Crippen LogP contribution >= 0.6 is 11.3 Å². The fourth-order valence-electron chi connectivity index (χ4n) is 3.88. The van der Waals surface area contributed by atoms with Gasteiger partial charge in [-0.15, -0.1) is 11.3 Å². The van der Waals surface area contributed by atoms with Gasteiger partial charge in [0, 0.05) is 44.1 Å². The molecule has 1 aromatic heterocycles. The molecule has 0 bridgehead atoms. The van der Waals surface area contributed by atoms with Crippen LogP contribution in [0.4, 0.5) is 0 Å². The zero-order valence-electron chi connectivity index (χ0n) is 16.4. The lowest BCUT2D eigenvalue weighted by Crippen LogP contribution is -2.50. The second-order valence-electron chi connectivity index (χ2n) is 7.55. The van der Waals surface area contributed by atoms with Crippen molar-refractivity contribution in [1.29, 1.82) is 0 Å². The van der Waals surface area contributed by atoms with Crippen LogP contribution in [-0.4, -0.2) is 60.4 Å². The number of carbonyl (C=O) groups excluding carboxylic acids is 1. The monoisotopic (exact) mass is 393 g/mol. The van der Waals surface area contributed by atoms with Gasteiger partial charge >= 0.3 is 0 Å². The average Bonchev–Trinajstić information content (AvgIpc) is 3.21. The molecule has 5 heteroatoms. The number of hydrogen-bond acceptors (Lipinski definition) is 4. The Morgan fingerprint density at radius 3 is 2.57 bits per heavy atom. The number of benzene rings is 2. The number of piperazine rings is 1. The summed E-state index contributed by atoms with van der Waals surface area (Å²) in [6.45, 7) is 5.77. The van der Waals surface area contributed by atoms with Gasteiger partial charge in [0.25, 0.3) is 0 Å². The molecular weight excluding hydrogens is 366 g/mol. The Bertz CT molecular complexity index is 911. The molecule has 4 rings (SSSR count). The van der Waals surface area contributed by atoms with Crippen LogP contribution in [0, 0.1) is 0 Å². The number of hydrogen-bond donors (Lipinski definition) is 0. The minimum Gasteiger partial charge on any atom is -0.339 e. The van der Waals surface area contributed by atoms with Crippen molar-refractivity contribution in [2.45, 2.75) is 13.1 Å². The van der Waals surface area contributed by atoms with E-state index in [1.807, 2.05) is 11.9 Å². The lowest BCUT2D eigenvalue weighted by atomic mass is 10.0.